The van der Waals surface area contributed by atoms with E-state index in [2.05, 4.69) is 5.32 Å². The SMILES string of the molecule is CNC(=O)C(C)N(C)C(C)(C)C(=O)O. The van der Waals surface area contributed by atoms with E-state index in [1.54, 1.807) is 27.8 Å². The van der Waals surface area contributed by atoms with E-state index < -0.39 is 17.6 Å². The quantitative estimate of drug-likeness (QED) is 0.668. The van der Waals surface area contributed by atoms with E-state index in [1.165, 1.54) is 11.9 Å². The second-order valence-electron chi connectivity index (χ2n) is 3.77. The van der Waals surface area contributed by atoms with E-state index >= 15 is 0 Å². The maximum absolute atomic E-state index is 11.3. The van der Waals surface area contributed by atoms with Gasteiger partial charge in [-0.2, -0.15) is 0 Å². The number of hydrogen-bond acceptors (Lipinski definition) is 3. The number of carbonyl (C=O) groups is 2. The van der Waals surface area contributed by atoms with E-state index in [0.717, 1.165) is 0 Å². The molecule has 1 unspecified atom stereocenters. The second kappa shape index (κ2) is 4.41. The number of rotatable bonds is 4. The summed E-state index contributed by atoms with van der Waals surface area (Å²) in [5, 5.41) is 11.4. The molecule has 0 aliphatic rings. The lowest BCUT2D eigenvalue weighted by molar-refractivity contribution is -0.151. The topological polar surface area (TPSA) is 69.6 Å². The van der Waals surface area contributed by atoms with Crippen molar-refractivity contribution in [2.45, 2.75) is 32.4 Å². The van der Waals surface area contributed by atoms with Crippen LogP contribution in [0.15, 0.2) is 0 Å². The van der Waals surface area contributed by atoms with Gasteiger partial charge in [0.05, 0.1) is 6.04 Å². The molecule has 0 aromatic heterocycles. The van der Waals surface area contributed by atoms with Crippen LogP contribution < -0.4 is 5.32 Å². The number of nitrogens with one attached hydrogen (secondary N) is 1. The molecule has 1 atom stereocenters. The van der Waals surface area contributed by atoms with Crippen molar-refractivity contribution in [3.63, 3.8) is 0 Å². The summed E-state index contributed by atoms with van der Waals surface area (Å²) >= 11 is 0. The molecule has 5 heteroatoms. The van der Waals surface area contributed by atoms with E-state index in [9.17, 15) is 9.59 Å². The fraction of sp³-hybridized carbons (Fsp3) is 0.778. The fourth-order valence-electron chi connectivity index (χ4n) is 1.02. The van der Waals surface area contributed by atoms with Gasteiger partial charge in [-0.15, -0.1) is 0 Å². The number of carbonyl (C=O) groups excluding carboxylic acids is 1. The van der Waals surface area contributed by atoms with Crippen molar-refractivity contribution < 1.29 is 14.7 Å². The van der Waals surface area contributed by atoms with Gasteiger partial charge < -0.3 is 10.4 Å². The highest BCUT2D eigenvalue weighted by molar-refractivity contribution is 5.83. The average molecular weight is 202 g/mol. The van der Waals surface area contributed by atoms with Crippen molar-refractivity contribution in [1.29, 1.82) is 0 Å². The monoisotopic (exact) mass is 202 g/mol. The highest BCUT2D eigenvalue weighted by atomic mass is 16.4. The molecule has 0 spiro atoms. The van der Waals surface area contributed by atoms with Crippen molar-refractivity contribution in [2.24, 2.45) is 0 Å². The normalized spacial score (nSPS) is 13.9. The molecule has 14 heavy (non-hydrogen) atoms. The van der Waals surface area contributed by atoms with Crippen LogP contribution in [-0.4, -0.2) is 47.6 Å². The highest BCUT2D eigenvalue weighted by Gasteiger charge is 2.36. The summed E-state index contributed by atoms with van der Waals surface area (Å²) in [5.74, 6) is -1.14. The lowest BCUT2D eigenvalue weighted by Crippen LogP contribution is -2.55. The van der Waals surface area contributed by atoms with Crippen LogP contribution in [-0.2, 0) is 9.59 Å². The molecule has 0 saturated heterocycles. The molecule has 82 valence electrons. The summed E-state index contributed by atoms with van der Waals surface area (Å²) in [4.78, 5) is 23.7. The number of amides is 1. The minimum atomic E-state index is -1.05. The van der Waals surface area contributed by atoms with Gasteiger partial charge in [0.2, 0.25) is 5.91 Å². The second-order valence-corrected chi connectivity index (χ2v) is 3.77. The van der Waals surface area contributed by atoms with Crippen LogP contribution in [0.4, 0.5) is 0 Å². The predicted octanol–water partition coefficient (Wildman–Crippen LogP) is -0.0841. The first-order valence-corrected chi connectivity index (χ1v) is 4.43. The van der Waals surface area contributed by atoms with Gasteiger partial charge in [0, 0.05) is 7.05 Å². The standard InChI is InChI=1S/C9H18N2O3/c1-6(7(12)10-4)11(5)9(2,3)8(13)14/h6H,1-5H3,(H,10,12)(H,13,14). The lowest BCUT2D eigenvalue weighted by atomic mass is 10.0. The molecule has 0 aliphatic carbocycles. The van der Waals surface area contributed by atoms with Gasteiger partial charge in [-0.1, -0.05) is 0 Å². The molecular weight excluding hydrogens is 184 g/mol. The maximum atomic E-state index is 11.3. The van der Waals surface area contributed by atoms with Crippen LogP contribution in [0.1, 0.15) is 20.8 Å². The zero-order chi connectivity index (χ0) is 11.5. The van der Waals surface area contributed by atoms with Crippen molar-refractivity contribution in [3.05, 3.63) is 0 Å². The Morgan fingerprint density at radius 1 is 1.43 bits per heavy atom. The smallest absolute Gasteiger partial charge is 0.323 e. The Morgan fingerprint density at radius 2 is 1.86 bits per heavy atom. The van der Waals surface area contributed by atoms with Crippen LogP contribution in [0.25, 0.3) is 0 Å². The maximum Gasteiger partial charge on any atom is 0.323 e. The molecule has 0 aromatic rings. The first kappa shape index (κ1) is 12.9. The zero-order valence-electron chi connectivity index (χ0n) is 9.29. The van der Waals surface area contributed by atoms with Gasteiger partial charge >= 0.3 is 5.97 Å². The Morgan fingerprint density at radius 3 is 2.14 bits per heavy atom. The van der Waals surface area contributed by atoms with Gasteiger partial charge in [-0.3, -0.25) is 14.5 Å². The molecule has 0 radical (unpaired) electrons. The Hall–Kier alpha value is -1.10. The Labute approximate surface area is 84.1 Å². The molecular formula is C9H18N2O3. The largest absolute Gasteiger partial charge is 0.480 e. The summed E-state index contributed by atoms with van der Waals surface area (Å²) in [6.07, 6.45) is 0. The molecule has 0 bridgehead atoms. The first-order valence-electron chi connectivity index (χ1n) is 4.43. The summed E-state index contributed by atoms with van der Waals surface area (Å²) in [6.45, 7) is 4.80. The number of aliphatic carboxylic acids is 1. The van der Waals surface area contributed by atoms with Gasteiger partial charge in [0.1, 0.15) is 5.54 Å². The number of carboxylic acids is 1. The van der Waals surface area contributed by atoms with E-state index in [-0.39, 0.29) is 5.91 Å². The van der Waals surface area contributed by atoms with E-state index in [1.807, 2.05) is 0 Å². The molecule has 0 saturated carbocycles. The van der Waals surface area contributed by atoms with Crippen molar-refractivity contribution in [3.8, 4) is 0 Å². The minimum absolute atomic E-state index is 0.193. The molecule has 0 heterocycles. The molecule has 2 N–H and O–H groups in total. The van der Waals surface area contributed by atoms with Gasteiger partial charge in [-0.05, 0) is 27.8 Å². The van der Waals surface area contributed by atoms with Crippen LogP contribution in [0.3, 0.4) is 0 Å². The molecule has 1 amide bonds. The summed E-state index contributed by atoms with van der Waals surface area (Å²) in [7, 11) is 3.15. The summed E-state index contributed by atoms with van der Waals surface area (Å²) in [5.41, 5.74) is -1.05. The molecule has 0 fully saturated rings. The van der Waals surface area contributed by atoms with Gasteiger partial charge in [-0.25, -0.2) is 0 Å². The van der Waals surface area contributed by atoms with Gasteiger partial charge in [0.25, 0.3) is 0 Å². The lowest BCUT2D eigenvalue weighted by Gasteiger charge is -2.35. The number of carboxylic acid groups (broad SMARTS) is 1. The van der Waals surface area contributed by atoms with Gasteiger partial charge in [0.15, 0.2) is 0 Å². The molecule has 0 aromatic carbocycles. The molecule has 0 aliphatic heterocycles. The van der Waals surface area contributed by atoms with E-state index in [4.69, 9.17) is 5.11 Å². The Bertz CT molecular complexity index is 238. The summed E-state index contributed by atoms with van der Waals surface area (Å²) in [6, 6.07) is -0.467. The highest BCUT2D eigenvalue weighted by Crippen LogP contribution is 2.15. The molecule has 0 rings (SSSR count). The predicted molar refractivity (Wildman–Crippen MR) is 53.0 cm³/mol. The number of nitrogens with zero attached hydrogens (tertiary/aromatic N) is 1. The van der Waals surface area contributed by atoms with E-state index in [0.29, 0.717) is 0 Å². The van der Waals surface area contributed by atoms with Crippen molar-refractivity contribution in [2.75, 3.05) is 14.1 Å². The molecule has 5 nitrogen and oxygen atoms in total. The van der Waals surface area contributed by atoms with Crippen molar-refractivity contribution >= 4 is 11.9 Å². The van der Waals surface area contributed by atoms with Crippen molar-refractivity contribution in [1.82, 2.24) is 10.2 Å². The van der Waals surface area contributed by atoms with Crippen LogP contribution in [0.2, 0.25) is 0 Å². The minimum Gasteiger partial charge on any atom is -0.480 e. The fourth-order valence-corrected chi connectivity index (χ4v) is 1.02. The van der Waals surface area contributed by atoms with Crippen LogP contribution in [0, 0.1) is 0 Å². The Kier molecular flexibility index (Phi) is 4.07. The first-order chi connectivity index (χ1) is 6.25. The van der Waals surface area contributed by atoms with Crippen LogP contribution >= 0.6 is 0 Å². The Balaban J connectivity index is 4.69. The third-order valence-electron chi connectivity index (χ3n) is 2.61. The third-order valence-corrected chi connectivity index (χ3v) is 2.61. The summed E-state index contributed by atoms with van der Waals surface area (Å²) < 4.78 is 0. The number of likely N-dealkylation sites (N-methyl/N-ethyl adjacent to an activating group) is 2. The van der Waals surface area contributed by atoms with Crippen LogP contribution in [0.5, 0.6) is 0 Å². The third kappa shape index (κ3) is 2.45. The average Bonchev–Trinajstić information content (AvgIpc) is 2.13. The zero-order valence-corrected chi connectivity index (χ0v) is 9.29. The number of hydrogen-bond donors (Lipinski definition) is 2.